The van der Waals surface area contributed by atoms with Gasteiger partial charge in [0, 0.05) is 36.4 Å². The number of carbonyl (C=O) groups excluding carboxylic acids is 4. The minimum Gasteiger partial charge on any atom is -0.403 e. The predicted octanol–water partition coefficient (Wildman–Crippen LogP) is 2.68. The molecule has 3 heterocycles. The summed E-state index contributed by atoms with van der Waals surface area (Å²) in [6, 6.07) is 11.1. The Morgan fingerprint density at radius 1 is 1.18 bits per heavy atom. The SMILES string of the molecule is CC1(C)COP(=O)(Oc2ccccc2C#CC(=O)NCc2ccc3c(c2)CN(C2CCC(=O)NC2=O)C3=O)OC1. The van der Waals surface area contributed by atoms with E-state index in [9.17, 15) is 23.7 Å². The molecule has 0 saturated carbocycles. The molecular weight excluding hydrogens is 537 g/mol. The largest absolute Gasteiger partial charge is 0.530 e. The maximum absolute atomic E-state index is 12.9. The van der Waals surface area contributed by atoms with E-state index in [0.717, 1.165) is 11.1 Å². The number of nitrogens with one attached hydrogen (secondary N) is 2. The minimum absolute atomic E-state index is 0.165. The summed E-state index contributed by atoms with van der Waals surface area (Å²) in [6.07, 6.45) is 0.473. The number of benzene rings is 2. The highest BCUT2D eigenvalue weighted by Gasteiger charge is 2.40. The summed E-state index contributed by atoms with van der Waals surface area (Å²) >= 11 is 0. The van der Waals surface area contributed by atoms with Gasteiger partial charge in [0.2, 0.25) is 11.8 Å². The topological polar surface area (TPSA) is 140 Å². The Bertz CT molecular complexity index is 1490. The summed E-state index contributed by atoms with van der Waals surface area (Å²) in [5, 5.41) is 5.00. The summed E-state index contributed by atoms with van der Waals surface area (Å²) in [4.78, 5) is 50.5. The molecule has 12 heteroatoms. The number of phosphoric acid groups is 1. The molecule has 0 bridgehead atoms. The molecule has 0 spiro atoms. The van der Waals surface area contributed by atoms with Crippen molar-refractivity contribution in [3.8, 4) is 17.6 Å². The molecule has 0 aromatic heterocycles. The van der Waals surface area contributed by atoms with Gasteiger partial charge in [0.15, 0.2) is 0 Å². The lowest BCUT2D eigenvalue weighted by atomic mass is 9.97. The average Bonchev–Trinajstić information content (AvgIpc) is 3.24. The molecule has 208 valence electrons. The van der Waals surface area contributed by atoms with E-state index >= 15 is 0 Å². The third kappa shape index (κ3) is 6.10. The predicted molar refractivity (Wildman–Crippen MR) is 142 cm³/mol. The fourth-order valence-corrected chi connectivity index (χ4v) is 6.09. The van der Waals surface area contributed by atoms with Crippen LogP contribution < -0.4 is 15.2 Å². The Hall–Kier alpha value is -3.97. The van der Waals surface area contributed by atoms with Crippen molar-refractivity contribution in [1.82, 2.24) is 15.5 Å². The van der Waals surface area contributed by atoms with E-state index < -0.39 is 25.7 Å². The Morgan fingerprint density at radius 2 is 1.93 bits per heavy atom. The second-order valence-corrected chi connectivity index (χ2v) is 12.2. The lowest BCUT2D eigenvalue weighted by Crippen LogP contribution is -2.52. The zero-order valence-electron chi connectivity index (χ0n) is 22.0. The third-order valence-corrected chi connectivity index (χ3v) is 7.99. The first-order chi connectivity index (χ1) is 19.0. The lowest BCUT2D eigenvalue weighted by Gasteiger charge is -2.32. The maximum Gasteiger partial charge on any atom is 0.530 e. The Kier molecular flexibility index (Phi) is 7.51. The van der Waals surface area contributed by atoms with Crippen molar-refractivity contribution < 1.29 is 37.3 Å². The smallest absolute Gasteiger partial charge is 0.403 e. The van der Waals surface area contributed by atoms with Crippen molar-refractivity contribution in [2.75, 3.05) is 13.2 Å². The summed E-state index contributed by atoms with van der Waals surface area (Å²) in [7, 11) is -3.81. The minimum atomic E-state index is -3.81. The van der Waals surface area contributed by atoms with Gasteiger partial charge >= 0.3 is 7.82 Å². The van der Waals surface area contributed by atoms with Crippen molar-refractivity contribution in [3.63, 3.8) is 0 Å². The number of imide groups is 1. The fourth-order valence-electron chi connectivity index (χ4n) is 4.50. The molecule has 40 heavy (non-hydrogen) atoms. The van der Waals surface area contributed by atoms with Gasteiger partial charge in [-0.15, -0.1) is 0 Å². The molecule has 1 unspecified atom stereocenters. The first kappa shape index (κ1) is 27.6. The van der Waals surface area contributed by atoms with Crippen LogP contribution >= 0.6 is 7.82 Å². The van der Waals surface area contributed by atoms with E-state index in [4.69, 9.17) is 13.6 Å². The van der Waals surface area contributed by atoms with Gasteiger partial charge in [-0.25, -0.2) is 4.57 Å². The van der Waals surface area contributed by atoms with Crippen LogP contribution in [0.3, 0.4) is 0 Å². The molecule has 0 radical (unpaired) electrons. The van der Waals surface area contributed by atoms with Crippen molar-refractivity contribution in [2.45, 2.75) is 45.8 Å². The van der Waals surface area contributed by atoms with Gasteiger partial charge in [0.05, 0.1) is 18.8 Å². The van der Waals surface area contributed by atoms with Gasteiger partial charge in [-0.1, -0.05) is 44.0 Å². The molecule has 2 saturated heterocycles. The van der Waals surface area contributed by atoms with Gasteiger partial charge in [-0.3, -0.25) is 33.5 Å². The lowest BCUT2D eigenvalue weighted by molar-refractivity contribution is -0.137. The van der Waals surface area contributed by atoms with Crippen LogP contribution in [-0.2, 0) is 41.1 Å². The second kappa shape index (κ2) is 10.9. The molecule has 0 aliphatic carbocycles. The number of hydrogen-bond donors (Lipinski definition) is 2. The van der Waals surface area contributed by atoms with Crippen molar-refractivity contribution in [2.24, 2.45) is 5.41 Å². The van der Waals surface area contributed by atoms with E-state index in [-0.39, 0.29) is 62.1 Å². The molecule has 2 N–H and O–H groups in total. The molecule has 1 atom stereocenters. The number of amides is 4. The first-order valence-electron chi connectivity index (χ1n) is 12.8. The Balaban J connectivity index is 1.20. The van der Waals surface area contributed by atoms with Crippen LogP contribution in [0, 0.1) is 17.3 Å². The summed E-state index contributed by atoms with van der Waals surface area (Å²) in [6.45, 7) is 4.68. The molecule has 11 nitrogen and oxygen atoms in total. The van der Waals surface area contributed by atoms with Gasteiger partial charge in [0.25, 0.3) is 11.8 Å². The maximum atomic E-state index is 12.9. The van der Waals surface area contributed by atoms with Gasteiger partial charge in [-0.2, -0.15) is 0 Å². The summed E-state index contributed by atoms with van der Waals surface area (Å²) < 4.78 is 29.1. The van der Waals surface area contributed by atoms with E-state index in [0.29, 0.717) is 11.1 Å². The summed E-state index contributed by atoms with van der Waals surface area (Å²) in [5.74, 6) is 3.80. The van der Waals surface area contributed by atoms with Crippen LogP contribution in [0.4, 0.5) is 0 Å². The number of fused-ring (bicyclic) bond motifs is 1. The molecule has 2 aromatic rings. The van der Waals surface area contributed by atoms with Gasteiger partial charge in [-0.05, 0) is 35.7 Å². The highest BCUT2D eigenvalue weighted by atomic mass is 31.2. The zero-order chi connectivity index (χ0) is 28.5. The fraction of sp³-hybridized carbons (Fsp3) is 0.357. The summed E-state index contributed by atoms with van der Waals surface area (Å²) in [5.41, 5.74) is 2.04. The van der Waals surface area contributed by atoms with Crippen LogP contribution in [0.5, 0.6) is 5.75 Å². The molecule has 4 amide bonds. The van der Waals surface area contributed by atoms with Crippen LogP contribution in [0.25, 0.3) is 0 Å². The second-order valence-electron chi connectivity index (χ2n) is 10.6. The number of nitrogens with zero attached hydrogens (tertiary/aromatic N) is 1. The standard InChI is InChI=1S/C28H28N3O8P/c1-28(2)16-37-40(36,38-17-28)39-23-6-4-3-5-19(23)8-11-24(32)29-14-18-7-9-21-20(13-18)15-31(27(21)35)22-10-12-25(33)30-26(22)34/h3-7,9,13,22H,10,12,14-17H2,1-2H3,(H,29,32)(H,30,33,34). The van der Waals surface area contributed by atoms with Crippen LogP contribution in [-0.4, -0.2) is 47.8 Å². The quantitative estimate of drug-likeness (QED) is 0.321. The van der Waals surface area contributed by atoms with Gasteiger partial charge < -0.3 is 14.7 Å². The Labute approximate surface area is 231 Å². The average molecular weight is 566 g/mol. The van der Waals surface area contributed by atoms with E-state index in [1.807, 2.05) is 13.8 Å². The van der Waals surface area contributed by atoms with Crippen molar-refractivity contribution in [1.29, 1.82) is 0 Å². The van der Waals surface area contributed by atoms with Crippen LogP contribution in [0.15, 0.2) is 42.5 Å². The highest BCUT2D eigenvalue weighted by Crippen LogP contribution is 2.54. The van der Waals surface area contributed by atoms with E-state index in [2.05, 4.69) is 22.5 Å². The molecule has 3 aliphatic heterocycles. The van der Waals surface area contributed by atoms with Crippen LogP contribution in [0.1, 0.15) is 53.7 Å². The van der Waals surface area contributed by atoms with E-state index in [1.165, 1.54) is 4.90 Å². The Morgan fingerprint density at radius 3 is 2.67 bits per heavy atom. The number of phosphoric ester groups is 1. The molecule has 3 aliphatic rings. The molecule has 2 aromatic carbocycles. The van der Waals surface area contributed by atoms with E-state index in [1.54, 1.807) is 42.5 Å². The zero-order valence-corrected chi connectivity index (χ0v) is 22.9. The number of piperidine rings is 1. The monoisotopic (exact) mass is 565 g/mol. The first-order valence-corrected chi connectivity index (χ1v) is 14.2. The van der Waals surface area contributed by atoms with Crippen LogP contribution in [0.2, 0.25) is 0 Å². The number of para-hydroxylation sites is 1. The molecule has 5 rings (SSSR count). The van der Waals surface area contributed by atoms with Crippen molar-refractivity contribution >= 4 is 31.5 Å². The highest BCUT2D eigenvalue weighted by molar-refractivity contribution is 7.49. The third-order valence-electron chi connectivity index (χ3n) is 6.68. The normalized spacial score (nSPS) is 21.1. The van der Waals surface area contributed by atoms with Gasteiger partial charge in [0.1, 0.15) is 11.8 Å². The molecular formula is C28H28N3O8P. The number of carbonyl (C=O) groups is 4. The number of rotatable bonds is 5. The van der Waals surface area contributed by atoms with Crippen molar-refractivity contribution in [3.05, 3.63) is 64.7 Å². The molecule has 2 fully saturated rings. The number of hydrogen-bond acceptors (Lipinski definition) is 8.